The van der Waals surface area contributed by atoms with E-state index >= 15 is 0 Å². The van der Waals surface area contributed by atoms with Crippen molar-refractivity contribution in [2.24, 2.45) is 17.8 Å². The fourth-order valence-corrected chi connectivity index (χ4v) is 7.61. The number of rotatable bonds is 11. The summed E-state index contributed by atoms with van der Waals surface area (Å²) >= 11 is 0. The van der Waals surface area contributed by atoms with E-state index in [1.807, 2.05) is 52.8 Å². The van der Waals surface area contributed by atoms with Gasteiger partial charge < -0.3 is 24.5 Å². The lowest BCUT2D eigenvalue weighted by Crippen LogP contribution is -2.60. The van der Waals surface area contributed by atoms with Gasteiger partial charge in [0.1, 0.15) is 11.6 Å². The summed E-state index contributed by atoms with van der Waals surface area (Å²) < 4.78 is 6.93. The van der Waals surface area contributed by atoms with Crippen LogP contribution in [0.25, 0.3) is 0 Å². The molecule has 3 aliphatic rings. The summed E-state index contributed by atoms with van der Waals surface area (Å²) in [5.41, 5.74) is 0.650. The second kappa shape index (κ2) is 11.1. The Bertz CT molecular complexity index is 1180. The number of nitrogens with zero attached hydrogens (tertiary/aromatic N) is 3. The van der Waals surface area contributed by atoms with Gasteiger partial charge in [-0.15, -0.1) is 13.2 Å². The van der Waals surface area contributed by atoms with Crippen molar-refractivity contribution in [1.29, 1.82) is 0 Å². The third-order valence-corrected chi connectivity index (χ3v) is 9.50. The number of aliphatic hydroxyl groups is 1. The molecule has 3 saturated heterocycles. The Morgan fingerprint density at radius 1 is 1.15 bits per heavy atom. The van der Waals surface area contributed by atoms with Crippen LogP contribution in [0, 0.1) is 31.6 Å². The molecule has 3 aliphatic heterocycles. The Balaban J connectivity index is 1.92. The van der Waals surface area contributed by atoms with E-state index in [0.29, 0.717) is 25.8 Å². The fourth-order valence-electron chi connectivity index (χ4n) is 7.61. The number of carbonyl (C=O) groups excluding carboxylic acids is 3. The van der Waals surface area contributed by atoms with E-state index in [2.05, 4.69) is 13.2 Å². The van der Waals surface area contributed by atoms with Crippen LogP contribution in [0.4, 0.5) is 5.69 Å². The number of likely N-dealkylation sites (tertiary alicyclic amines) is 1. The number of hydrogen-bond acceptors (Lipinski definition) is 5. The molecule has 2 unspecified atom stereocenters. The third kappa shape index (κ3) is 4.31. The van der Waals surface area contributed by atoms with Crippen LogP contribution in [0.15, 0.2) is 43.5 Å². The normalized spacial score (nSPS) is 29.4. The third-order valence-electron chi connectivity index (χ3n) is 9.50. The first-order valence-electron chi connectivity index (χ1n) is 14.4. The van der Waals surface area contributed by atoms with Gasteiger partial charge in [-0.25, -0.2) is 0 Å². The lowest BCUT2D eigenvalue weighted by molar-refractivity contribution is -0.153. The average Bonchev–Trinajstić information content (AvgIpc) is 3.51. The van der Waals surface area contributed by atoms with E-state index in [-0.39, 0.29) is 36.8 Å². The Hall–Kier alpha value is -2.97. The molecule has 0 aliphatic carbocycles. The number of anilines is 1. The van der Waals surface area contributed by atoms with E-state index < -0.39 is 35.1 Å². The first-order valence-corrected chi connectivity index (χ1v) is 14.4. The first kappa shape index (κ1) is 30.0. The Morgan fingerprint density at radius 2 is 1.77 bits per heavy atom. The minimum atomic E-state index is -1.17. The van der Waals surface area contributed by atoms with Crippen LogP contribution in [-0.4, -0.2) is 82.7 Å². The van der Waals surface area contributed by atoms with Crippen LogP contribution < -0.4 is 4.90 Å². The van der Waals surface area contributed by atoms with Gasteiger partial charge in [0.25, 0.3) is 5.91 Å². The topological polar surface area (TPSA) is 90.4 Å². The van der Waals surface area contributed by atoms with Crippen molar-refractivity contribution >= 4 is 23.4 Å². The molecule has 0 radical (unpaired) electrons. The van der Waals surface area contributed by atoms with Gasteiger partial charge in [-0.05, 0) is 50.2 Å². The Morgan fingerprint density at radius 3 is 2.30 bits per heavy atom. The smallest absolute Gasteiger partial charge is 0.253 e. The van der Waals surface area contributed by atoms with Gasteiger partial charge in [-0.2, -0.15) is 0 Å². The van der Waals surface area contributed by atoms with Crippen molar-refractivity contribution in [3.8, 4) is 0 Å². The summed E-state index contributed by atoms with van der Waals surface area (Å²) in [4.78, 5) is 48.2. The highest BCUT2D eigenvalue weighted by molar-refractivity contribution is 6.06. The molecular weight excluding hydrogens is 506 g/mol. The molecule has 2 bridgehead atoms. The highest BCUT2D eigenvalue weighted by Crippen LogP contribution is 2.65. The molecule has 6 atom stereocenters. The van der Waals surface area contributed by atoms with Crippen molar-refractivity contribution in [3.63, 3.8) is 0 Å². The molecule has 8 heteroatoms. The molecular formula is C32H45N3O5. The summed E-state index contributed by atoms with van der Waals surface area (Å²) in [5, 5.41) is 10.5. The van der Waals surface area contributed by atoms with E-state index in [1.54, 1.807) is 33.9 Å². The summed E-state index contributed by atoms with van der Waals surface area (Å²) in [6, 6.07) is 4.28. The second-order valence-electron chi connectivity index (χ2n) is 12.1. The summed E-state index contributed by atoms with van der Waals surface area (Å²) in [5.74, 6) is -2.38. The van der Waals surface area contributed by atoms with Crippen LogP contribution in [0.2, 0.25) is 0 Å². The van der Waals surface area contributed by atoms with Crippen LogP contribution in [0.3, 0.4) is 0 Å². The minimum Gasteiger partial charge on any atom is -0.394 e. The molecule has 3 amide bonds. The molecule has 1 aromatic carbocycles. The molecule has 4 rings (SSSR count). The van der Waals surface area contributed by atoms with Crippen molar-refractivity contribution in [2.75, 3.05) is 31.6 Å². The van der Waals surface area contributed by atoms with Gasteiger partial charge in [0.2, 0.25) is 11.8 Å². The van der Waals surface area contributed by atoms with E-state index in [0.717, 1.165) is 16.8 Å². The van der Waals surface area contributed by atoms with Crippen LogP contribution in [0.5, 0.6) is 0 Å². The number of likely N-dealkylation sites (N-methyl/N-ethyl adjacent to an activating group) is 1. The number of aliphatic hydroxyl groups excluding tert-OH is 1. The van der Waals surface area contributed by atoms with Crippen LogP contribution >= 0.6 is 0 Å². The number of benzene rings is 1. The van der Waals surface area contributed by atoms with Crippen LogP contribution in [-0.2, 0) is 19.1 Å². The number of ether oxygens (including phenoxy) is 1. The average molecular weight is 552 g/mol. The number of para-hydroxylation sites is 1. The predicted octanol–water partition coefficient (Wildman–Crippen LogP) is 3.64. The maximum absolute atomic E-state index is 14.9. The first-order chi connectivity index (χ1) is 19.0. The Labute approximate surface area is 238 Å². The van der Waals surface area contributed by atoms with Gasteiger partial charge >= 0.3 is 0 Å². The van der Waals surface area contributed by atoms with Gasteiger partial charge in [0.15, 0.2) is 0 Å². The fraction of sp³-hybridized carbons (Fsp3) is 0.594. The lowest BCUT2D eigenvalue weighted by Gasteiger charge is -2.41. The minimum absolute atomic E-state index is 0.123. The molecule has 1 N–H and O–H groups in total. The SMILES string of the molecule is C=CCN(C)C(=O)[C@@H]1[C@H]2C(=O)N([C@@H](CO)C(C)C)C(C(=O)N(CC=C)c3c(C)cccc3C)C23CC[C@@]1(CC)O3. The standard InChI is InChI=1S/C32H45N3O5/c1-9-17-33(8)28(37)24-25-29(38)35(23(19-36)20(4)5)27(32(25)16-15-31(24,11-3)40-32)30(39)34(18-10-2)26-21(6)13-12-14-22(26)7/h9-10,12-14,20,23-25,27,36H,1-2,11,15-19H2,3-8H3/t23-,24-,25-,27?,31+,32?/m0/s1. The summed E-state index contributed by atoms with van der Waals surface area (Å²) in [7, 11) is 1.71. The molecule has 218 valence electrons. The molecule has 1 spiro atoms. The largest absolute Gasteiger partial charge is 0.394 e. The molecule has 0 saturated carbocycles. The quantitative estimate of drug-likeness (QED) is 0.424. The summed E-state index contributed by atoms with van der Waals surface area (Å²) in [6.45, 7) is 17.8. The van der Waals surface area contributed by atoms with E-state index in [1.165, 1.54) is 0 Å². The predicted molar refractivity (Wildman–Crippen MR) is 156 cm³/mol. The number of hydrogen-bond donors (Lipinski definition) is 1. The molecule has 40 heavy (non-hydrogen) atoms. The van der Waals surface area contributed by atoms with Crippen LogP contribution in [0.1, 0.15) is 51.2 Å². The van der Waals surface area contributed by atoms with Crippen molar-refractivity contribution in [2.45, 2.75) is 77.2 Å². The van der Waals surface area contributed by atoms with Gasteiger partial charge in [-0.1, -0.05) is 51.1 Å². The van der Waals surface area contributed by atoms with Gasteiger partial charge in [0.05, 0.1) is 30.1 Å². The highest BCUT2D eigenvalue weighted by Gasteiger charge is 2.79. The number of fused-ring (bicyclic) bond motifs is 1. The monoisotopic (exact) mass is 551 g/mol. The molecule has 0 aromatic heterocycles. The Kier molecular flexibility index (Phi) is 8.35. The second-order valence-corrected chi connectivity index (χ2v) is 12.1. The molecule has 3 heterocycles. The molecule has 3 fully saturated rings. The van der Waals surface area contributed by atoms with Crippen molar-refractivity contribution in [1.82, 2.24) is 9.80 Å². The zero-order valence-electron chi connectivity index (χ0n) is 24.9. The highest BCUT2D eigenvalue weighted by atomic mass is 16.5. The van der Waals surface area contributed by atoms with Crippen molar-refractivity contribution in [3.05, 3.63) is 54.6 Å². The molecule has 1 aromatic rings. The number of aryl methyl sites for hydroxylation is 2. The molecule has 8 nitrogen and oxygen atoms in total. The zero-order valence-corrected chi connectivity index (χ0v) is 24.9. The van der Waals surface area contributed by atoms with Gasteiger partial charge in [-0.3, -0.25) is 14.4 Å². The van der Waals surface area contributed by atoms with Crippen molar-refractivity contribution < 1.29 is 24.2 Å². The van der Waals surface area contributed by atoms with E-state index in [4.69, 9.17) is 4.74 Å². The lowest BCUT2D eigenvalue weighted by atomic mass is 9.64. The maximum atomic E-state index is 14.9. The number of amides is 3. The van der Waals surface area contributed by atoms with E-state index in [9.17, 15) is 19.5 Å². The zero-order chi connectivity index (χ0) is 29.6. The van der Waals surface area contributed by atoms with Gasteiger partial charge in [0, 0.05) is 25.8 Å². The maximum Gasteiger partial charge on any atom is 0.253 e. The number of carbonyl (C=O) groups is 3. The summed E-state index contributed by atoms with van der Waals surface area (Å²) in [6.07, 6.45) is 4.97.